The zero-order chi connectivity index (χ0) is 14.8. The Hall–Kier alpha value is -1.26. The van der Waals surface area contributed by atoms with Gasteiger partial charge in [-0.25, -0.2) is 8.78 Å². The van der Waals surface area contributed by atoms with Crippen molar-refractivity contribution in [1.29, 1.82) is 0 Å². The molecule has 0 aliphatic rings. The van der Waals surface area contributed by atoms with E-state index in [1.54, 1.807) is 6.92 Å². The van der Waals surface area contributed by atoms with Crippen LogP contribution in [-0.4, -0.2) is 10.7 Å². The maximum atomic E-state index is 13.6. The molecule has 1 unspecified atom stereocenters. The molecule has 2 aromatic rings. The van der Waals surface area contributed by atoms with Gasteiger partial charge in [0.15, 0.2) is 0 Å². The van der Waals surface area contributed by atoms with Crippen molar-refractivity contribution < 1.29 is 13.9 Å². The first-order valence-electron chi connectivity index (χ1n) is 6.26. The normalized spacial score (nSPS) is 14.1. The topological polar surface area (TPSA) is 20.2 Å². The van der Waals surface area contributed by atoms with E-state index in [0.29, 0.717) is 6.42 Å². The van der Waals surface area contributed by atoms with Crippen molar-refractivity contribution in [1.82, 2.24) is 0 Å². The Balaban J connectivity index is 2.14. The van der Waals surface area contributed by atoms with Crippen molar-refractivity contribution in [2.75, 3.05) is 0 Å². The second-order valence-electron chi connectivity index (χ2n) is 5.21. The van der Waals surface area contributed by atoms with Gasteiger partial charge in [-0.2, -0.15) is 0 Å². The predicted octanol–water partition coefficient (Wildman–Crippen LogP) is 4.26. The van der Waals surface area contributed by atoms with Gasteiger partial charge in [0.05, 0.1) is 5.60 Å². The van der Waals surface area contributed by atoms with Crippen molar-refractivity contribution in [3.63, 3.8) is 0 Å². The van der Waals surface area contributed by atoms with Crippen LogP contribution in [0.1, 0.15) is 18.1 Å². The SMILES string of the molecule is CC(O)(Cc1ccc(Br)cc1)Cc1cc(F)ccc1F. The summed E-state index contributed by atoms with van der Waals surface area (Å²) >= 11 is 3.34. The molecule has 1 atom stereocenters. The fraction of sp³-hybridized carbons (Fsp3) is 0.250. The molecular weight excluding hydrogens is 326 g/mol. The van der Waals surface area contributed by atoms with E-state index in [1.807, 2.05) is 24.3 Å². The van der Waals surface area contributed by atoms with Crippen LogP contribution in [0, 0.1) is 11.6 Å². The standard InChI is InChI=1S/C16H15BrF2O/c1-16(20,9-11-2-4-13(17)5-3-11)10-12-8-14(18)6-7-15(12)19/h2-8,20H,9-10H2,1H3. The summed E-state index contributed by atoms with van der Waals surface area (Å²) in [5.74, 6) is -0.997. The third-order valence-electron chi connectivity index (χ3n) is 3.08. The van der Waals surface area contributed by atoms with Crippen molar-refractivity contribution in [3.8, 4) is 0 Å². The monoisotopic (exact) mass is 340 g/mol. The quantitative estimate of drug-likeness (QED) is 0.881. The Morgan fingerprint density at radius 3 is 2.35 bits per heavy atom. The molecule has 106 valence electrons. The van der Waals surface area contributed by atoms with Crippen molar-refractivity contribution in [3.05, 3.63) is 69.7 Å². The van der Waals surface area contributed by atoms with E-state index in [0.717, 1.165) is 28.2 Å². The minimum Gasteiger partial charge on any atom is -0.389 e. The van der Waals surface area contributed by atoms with Crippen molar-refractivity contribution >= 4 is 15.9 Å². The molecule has 0 spiro atoms. The second-order valence-corrected chi connectivity index (χ2v) is 6.13. The zero-order valence-electron chi connectivity index (χ0n) is 11.0. The number of hydrogen-bond acceptors (Lipinski definition) is 1. The van der Waals surface area contributed by atoms with E-state index in [2.05, 4.69) is 15.9 Å². The van der Waals surface area contributed by atoms with E-state index < -0.39 is 17.2 Å². The molecule has 0 aliphatic heterocycles. The molecular formula is C16H15BrF2O. The third kappa shape index (κ3) is 4.12. The van der Waals surface area contributed by atoms with Crippen LogP contribution in [0.5, 0.6) is 0 Å². The maximum absolute atomic E-state index is 13.6. The van der Waals surface area contributed by atoms with Gasteiger partial charge in [0.2, 0.25) is 0 Å². The summed E-state index contributed by atoms with van der Waals surface area (Å²) < 4.78 is 27.7. The molecule has 0 aromatic heterocycles. The summed E-state index contributed by atoms with van der Waals surface area (Å²) in [7, 11) is 0. The van der Waals surface area contributed by atoms with Gasteiger partial charge in [0.25, 0.3) is 0 Å². The Bertz CT molecular complexity index is 594. The summed E-state index contributed by atoms with van der Waals surface area (Å²) in [5.41, 5.74) is -0.00948. The van der Waals surface area contributed by atoms with E-state index >= 15 is 0 Å². The smallest absolute Gasteiger partial charge is 0.126 e. The van der Waals surface area contributed by atoms with Gasteiger partial charge in [-0.1, -0.05) is 28.1 Å². The van der Waals surface area contributed by atoms with Crippen LogP contribution in [0.3, 0.4) is 0 Å². The Kier molecular flexibility index (Phi) is 4.55. The Morgan fingerprint density at radius 2 is 1.70 bits per heavy atom. The molecule has 20 heavy (non-hydrogen) atoms. The second kappa shape index (κ2) is 6.02. The molecule has 0 aliphatic carbocycles. The first-order chi connectivity index (χ1) is 9.35. The summed E-state index contributed by atoms with van der Waals surface area (Å²) in [6, 6.07) is 10.8. The fourth-order valence-electron chi connectivity index (χ4n) is 2.19. The number of rotatable bonds is 4. The average molecular weight is 341 g/mol. The van der Waals surface area contributed by atoms with Gasteiger partial charge >= 0.3 is 0 Å². The molecule has 0 amide bonds. The molecule has 2 aromatic carbocycles. The highest BCUT2D eigenvalue weighted by atomic mass is 79.9. The highest BCUT2D eigenvalue weighted by Crippen LogP contribution is 2.22. The zero-order valence-corrected chi connectivity index (χ0v) is 12.6. The Morgan fingerprint density at radius 1 is 1.05 bits per heavy atom. The van der Waals surface area contributed by atoms with Gasteiger partial charge in [-0.3, -0.25) is 0 Å². The fourth-order valence-corrected chi connectivity index (χ4v) is 2.46. The van der Waals surface area contributed by atoms with Gasteiger partial charge in [-0.05, 0) is 48.4 Å². The van der Waals surface area contributed by atoms with Crippen LogP contribution in [0.4, 0.5) is 8.78 Å². The van der Waals surface area contributed by atoms with Gasteiger partial charge < -0.3 is 5.11 Å². The molecule has 1 N–H and O–H groups in total. The molecule has 0 saturated carbocycles. The predicted molar refractivity (Wildman–Crippen MR) is 78.5 cm³/mol. The van der Waals surface area contributed by atoms with Crippen LogP contribution >= 0.6 is 15.9 Å². The third-order valence-corrected chi connectivity index (χ3v) is 3.61. The largest absolute Gasteiger partial charge is 0.389 e. The summed E-state index contributed by atoms with van der Waals surface area (Å²) in [4.78, 5) is 0. The highest BCUT2D eigenvalue weighted by Gasteiger charge is 2.23. The summed E-state index contributed by atoms with van der Waals surface area (Å²) in [5, 5.41) is 10.4. The number of hydrogen-bond donors (Lipinski definition) is 1. The van der Waals surface area contributed by atoms with Crippen LogP contribution in [0.2, 0.25) is 0 Å². The van der Waals surface area contributed by atoms with E-state index in [1.165, 1.54) is 0 Å². The van der Waals surface area contributed by atoms with E-state index in [9.17, 15) is 13.9 Å². The van der Waals surface area contributed by atoms with Crippen molar-refractivity contribution in [2.45, 2.75) is 25.4 Å². The first-order valence-corrected chi connectivity index (χ1v) is 7.06. The van der Waals surface area contributed by atoms with Crippen LogP contribution < -0.4 is 0 Å². The lowest BCUT2D eigenvalue weighted by molar-refractivity contribution is 0.0598. The van der Waals surface area contributed by atoms with E-state index in [-0.39, 0.29) is 12.0 Å². The summed E-state index contributed by atoms with van der Waals surface area (Å²) in [6.07, 6.45) is 0.433. The first kappa shape index (κ1) is 15.1. The lowest BCUT2D eigenvalue weighted by Crippen LogP contribution is -2.30. The van der Waals surface area contributed by atoms with E-state index in [4.69, 9.17) is 0 Å². The minimum atomic E-state index is -1.14. The molecule has 0 bridgehead atoms. The molecule has 1 nitrogen and oxygen atoms in total. The number of aliphatic hydroxyl groups is 1. The van der Waals surface area contributed by atoms with Crippen molar-refractivity contribution in [2.24, 2.45) is 0 Å². The minimum absolute atomic E-state index is 0.0622. The molecule has 4 heteroatoms. The van der Waals surface area contributed by atoms with Crippen LogP contribution in [-0.2, 0) is 12.8 Å². The van der Waals surface area contributed by atoms with Crippen LogP contribution in [0.25, 0.3) is 0 Å². The van der Waals surface area contributed by atoms with Crippen LogP contribution in [0.15, 0.2) is 46.9 Å². The number of benzene rings is 2. The van der Waals surface area contributed by atoms with Gasteiger partial charge in [0, 0.05) is 17.3 Å². The maximum Gasteiger partial charge on any atom is 0.126 e. The number of halogens is 3. The molecule has 2 rings (SSSR count). The molecule has 0 saturated heterocycles. The molecule has 0 heterocycles. The average Bonchev–Trinajstić information content (AvgIpc) is 2.36. The molecule has 0 radical (unpaired) electrons. The van der Waals surface area contributed by atoms with Gasteiger partial charge in [-0.15, -0.1) is 0 Å². The van der Waals surface area contributed by atoms with Gasteiger partial charge in [0.1, 0.15) is 11.6 Å². The lowest BCUT2D eigenvalue weighted by atomic mass is 9.89. The lowest BCUT2D eigenvalue weighted by Gasteiger charge is -2.24. The summed E-state index contributed by atoms with van der Waals surface area (Å²) in [6.45, 7) is 1.62. The molecule has 0 fully saturated rings. The highest BCUT2D eigenvalue weighted by molar-refractivity contribution is 9.10. The Labute approximate surface area is 125 Å².